The molecule has 3 rings (SSSR count). The highest BCUT2D eigenvalue weighted by Crippen LogP contribution is 2.34. The maximum absolute atomic E-state index is 11.7. The van der Waals surface area contributed by atoms with Crippen LogP contribution in [-0.2, 0) is 9.59 Å². The first-order valence-corrected chi connectivity index (χ1v) is 6.26. The Kier molecular flexibility index (Phi) is 2.52. The predicted molar refractivity (Wildman–Crippen MR) is 68.1 cm³/mol. The Hall–Kier alpha value is -1.95. The Morgan fingerprint density at radius 3 is 2.89 bits per heavy atom. The summed E-state index contributed by atoms with van der Waals surface area (Å²) in [6.45, 7) is 0.126. The molecule has 1 fully saturated rings. The molecule has 0 saturated carbocycles. The second-order valence-corrected chi connectivity index (χ2v) is 5.01. The van der Waals surface area contributed by atoms with Gasteiger partial charge in [-0.25, -0.2) is 4.98 Å². The van der Waals surface area contributed by atoms with Gasteiger partial charge in [-0.05, 0) is 12.1 Å². The summed E-state index contributed by atoms with van der Waals surface area (Å²) in [7, 11) is 1.58. The number of amides is 1. The molecule has 1 amide bonds. The molecule has 18 heavy (non-hydrogen) atoms. The zero-order valence-electron chi connectivity index (χ0n) is 9.67. The number of aromatic nitrogens is 1. The number of anilines is 1. The Morgan fingerprint density at radius 1 is 1.39 bits per heavy atom. The van der Waals surface area contributed by atoms with Gasteiger partial charge in [-0.3, -0.25) is 14.5 Å². The quantitative estimate of drug-likeness (QED) is 0.771. The van der Waals surface area contributed by atoms with Crippen molar-refractivity contribution >= 4 is 38.4 Å². The molecule has 1 aliphatic rings. The maximum atomic E-state index is 11.7. The fourth-order valence-corrected chi connectivity index (χ4v) is 2.95. The van der Waals surface area contributed by atoms with Crippen molar-refractivity contribution in [3.8, 4) is 5.75 Å². The predicted octanol–water partition coefficient (Wildman–Crippen LogP) is 1.61. The molecule has 0 unspecified atom stereocenters. The summed E-state index contributed by atoms with van der Waals surface area (Å²) >= 11 is 1.39. The van der Waals surface area contributed by atoms with Gasteiger partial charge in [-0.2, -0.15) is 0 Å². The van der Waals surface area contributed by atoms with Gasteiger partial charge in [0, 0.05) is 0 Å². The summed E-state index contributed by atoms with van der Waals surface area (Å²) in [4.78, 5) is 28.8. The van der Waals surface area contributed by atoms with E-state index >= 15 is 0 Å². The van der Waals surface area contributed by atoms with E-state index in [1.54, 1.807) is 7.11 Å². The van der Waals surface area contributed by atoms with E-state index in [-0.39, 0.29) is 24.7 Å². The van der Waals surface area contributed by atoms with E-state index in [2.05, 4.69) is 4.98 Å². The van der Waals surface area contributed by atoms with Crippen LogP contribution in [0.2, 0.25) is 0 Å². The van der Waals surface area contributed by atoms with Gasteiger partial charge in [0.25, 0.3) is 0 Å². The standard InChI is InChI=1S/C12H10N2O3S/c1-17-8-3-2-4-9-11(8)13-12(18-9)14-6-7(15)5-10(14)16/h2-4H,5-6H2,1H3. The smallest absolute Gasteiger partial charge is 0.236 e. The molecule has 5 nitrogen and oxygen atoms in total. The molecule has 0 atom stereocenters. The normalized spacial score (nSPS) is 15.7. The van der Waals surface area contributed by atoms with Crippen LogP contribution in [0, 0.1) is 0 Å². The molecule has 1 aromatic carbocycles. The van der Waals surface area contributed by atoms with Gasteiger partial charge < -0.3 is 4.74 Å². The first kappa shape index (κ1) is 11.2. The van der Waals surface area contributed by atoms with E-state index in [0.717, 1.165) is 10.2 Å². The molecule has 0 aliphatic carbocycles. The van der Waals surface area contributed by atoms with Gasteiger partial charge in [-0.1, -0.05) is 17.4 Å². The summed E-state index contributed by atoms with van der Waals surface area (Å²) in [5, 5.41) is 0.561. The largest absolute Gasteiger partial charge is 0.494 e. The Morgan fingerprint density at radius 2 is 2.22 bits per heavy atom. The van der Waals surface area contributed by atoms with Gasteiger partial charge in [0.1, 0.15) is 11.3 Å². The lowest BCUT2D eigenvalue weighted by atomic mass is 10.3. The highest BCUT2D eigenvalue weighted by Gasteiger charge is 2.30. The second kappa shape index (κ2) is 4.06. The van der Waals surface area contributed by atoms with Crippen LogP contribution in [0.5, 0.6) is 5.75 Å². The molecular formula is C12H10N2O3S. The number of para-hydroxylation sites is 1. The summed E-state index contributed by atoms with van der Waals surface area (Å²) in [5.74, 6) is 0.428. The first-order valence-electron chi connectivity index (χ1n) is 5.44. The minimum atomic E-state index is -0.182. The van der Waals surface area contributed by atoms with E-state index in [1.807, 2.05) is 18.2 Å². The molecule has 0 spiro atoms. The van der Waals surface area contributed by atoms with Crippen molar-refractivity contribution in [3.63, 3.8) is 0 Å². The number of ketones is 1. The zero-order valence-corrected chi connectivity index (χ0v) is 10.5. The molecule has 1 aromatic heterocycles. The second-order valence-electron chi connectivity index (χ2n) is 4.00. The number of carbonyl (C=O) groups is 2. The number of hydrogen-bond acceptors (Lipinski definition) is 5. The van der Waals surface area contributed by atoms with Gasteiger partial charge in [0.05, 0.1) is 24.8 Å². The average molecular weight is 262 g/mol. The van der Waals surface area contributed by atoms with Crippen LogP contribution in [0.3, 0.4) is 0 Å². The number of carbonyl (C=O) groups excluding carboxylic acids is 2. The van der Waals surface area contributed by atoms with Crippen LogP contribution in [0.25, 0.3) is 10.2 Å². The van der Waals surface area contributed by atoms with Crippen LogP contribution < -0.4 is 9.64 Å². The number of benzene rings is 1. The summed E-state index contributed by atoms with van der Waals surface area (Å²) in [6, 6.07) is 5.62. The van der Waals surface area contributed by atoms with Crippen molar-refractivity contribution in [2.24, 2.45) is 0 Å². The molecule has 1 saturated heterocycles. The number of nitrogens with zero attached hydrogens (tertiary/aromatic N) is 2. The van der Waals surface area contributed by atoms with Crippen molar-refractivity contribution < 1.29 is 14.3 Å². The van der Waals surface area contributed by atoms with Gasteiger partial charge in [0.15, 0.2) is 10.9 Å². The van der Waals surface area contributed by atoms with Gasteiger partial charge in [0.2, 0.25) is 5.91 Å². The number of Topliss-reactive ketones (excluding diaryl/α,β-unsaturated/α-hetero) is 1. The Labute approximate surface area is 107 Å². The molecular weight excluding hydrogens is 252 g/mol. The SMILES string of the molecule is COc1cccc2sc(N3CC(=O)CC3=O)nc12. The van der Waals surface area contributed by atoms with Crippen molar-refractivity contribution in [2.45, 2.75) is 6.42 Å². The third kappa shape index (κ3) is 1.65. The highest BCUT2D eigenvalue weighted by atomic mass is 32.1. The highest BCUT2D eigenvalue weighted by molar-refractivity contribution is 7.22. The van der Waals surface area contributed by atoms with Crippen LogP contribution in [0.4, 0.5) is 5.13 Å². The number of rotatable bonds is 2. The molecule has 1 aliphatic heterocycles. The third-order valence-electron chi connectivity index (χ3n) is 2.81. The fraction of sp³-hybridized carbons (Fsp3) is 0.250. The fourth-order valence-electron chi connectivity index (χ4n) is 1.95. The topological polar surface area (TPSA) is 59.5 Å². The molecule has 2 aromatic rings. The first-order chi connectivity index (χ1) is 8.69. The lowest BCUT2D eigenvalue weighted by Gasteiger charge is -2.08. The number of hydrogen-bond donors (Lipinski definition) is 0. The number of fused-ring (bicyclic) bond motifs is 1. The van der Waals surface area contributed by atoms with Gasteiger partial charge >= 0.3 is 0 Å². The monoisotopic (exact) mass is 262 g/mol. The molecule has 0 radical (unpaired) electrons. The molecule has 6 heteroatoms. The Balaban J connectivity index is 2.09. The van der Waals surface area contributed by atoms with Crippen molar-refractivity contribution in [1.82, 2.24) is 4.98 Å². The average Bonchev–Trinajstić information content (AvgIpc) is 2.91. The maximum Gasteiger partial charge on any atom is 0.236 e. The summed E-state index contributed by atoms with van der Waals surface area (Å²) in [5.41, 5.74) is 0.729. The molecule has 92 valence electrons. The van der Waals surface area contributed by atoms with Crippen molar-refractivity contribution in [1.29, 1.82) is 0 Å². The Bertz CT molecular complexity index is 650. The number of thiazole rings is 1. The van der Waals surface area contributed by atoms with Crippen molar-refractivity contribution in [2.75, 3.05) is 18.6 Å². The molecule has 2 heterocycles. The minimum absolute atomic E-state index is 0.0208. The molecule has 0 N–H and O–H groups in total. The summed E-state index contributed by atoms with van der Waals surface area (Å²) in [6.07, 6.45) is -0.0208. The van der Waals surface area contributed by atoms with E-state index in [4.69, 9.17) is 4.74 Å². The van der Waals surface area contributed by atoms with Crippen LogP contribution >= 0.6 is 11.3 Å². The van der Waals surface area contributed by atoms with E-state index in [0.29, 0.717) is 10.9 Å². The van der Waals surface area contributed by atoms with Crippen molar-refractivity contribution in [3.05, 3.63) is 18.2 Å². The third-order valence-corrected chi connectivity index (χ3v) is 3.85. The molecule has 0 bridgehead atoms. The zero-order chi connectivity index (χ0) is 12.7. The van der Waals surface area contributed by atoms with E-state index in [9.17, 15) is 9.59 Å². The van der Waals surface area contributed by atoms with Gasteiger partial charge in [-0.15, -0.1) is 0 Å². The van der Waals surface area contributed by atoms with Crippen LogP contribution in [-0.4, -0.2) is 30.3 Å². The van der Waals surface area contributed by atoms with E-state index in [1.165, 1.54) is 16.2 Å². The number of ether oxygens (including phenoxy) is 1. The minimum Gasteiger partial charge on any atom is -0.494 e. The van der Waals surface area contributed by atoms with E-state index < -0.39 is 0 Å². The lowest BCUT2D eigenvalue weighted by Crippen LogP contribution is -2.24. The number of methoxy groups -OCH3 is 1. The van der Waals surface area contributed by atoms with Crippen LogP contribution in [0.15, 0.2) is 18.2 Å². The summed E-state index contributed by atoms with van der Waals surface area (Å²) < 4.78 is 6.17. The lowest BCUT2D eigenvalue weighted by molar-refractivity contribution is -0.121. The van der Waals surface area contributed by atoms with Crippen LogP contribution in [0.1, 0.15) is 6.42 Å².